The van der Waals surface area contributed by atoms with Crippen LogP contribution in [-0.2, 0) is 4.74 Å². The standard InChI is InChI=1S/C13H16ClNO2/c1-2-11-9-17-6-5-15(11)12-4-3-10(8-16)13(14)7-12/h3-4,7-8,11H,2,5-6,9H2,1H3. The van der Waals surface area contributed by atoms with Crippen molar-refractivity contribution in [2.24, 2.45) is 0 Å². The molecule has 0 radical (unpaired) electrons. The van der Waals surface area contributed by atoms with Crippen LogP contribution in [0.1, 0.15) is 23.7 Å². The van der Waals surface area contributed by atoms with Crippen molar-refractivity contribution in [2.45, 2.75) is 19.4 Å². The van der Waals surface area contributed by atoms with Gasteiger partial charge in [-0.1, -0.05) is 18.5 Å². The lowest BCUT2D eigenvalue weighted by Crippen LogP contribution is -2.45. The van der Waals surface area contributed by atoms with Crippen molar-refractivity contribution in [2.75, 3.05) is 24.7 Å². The molecule has 1 saturated heterocycles. The third-order valence-electron chi connectivity index (χ3n) is 3.14. The summed E-state index contributed by atoms with van der Waals surface area (Å²) in [4.78, 5) is 13.0. The Morgan fingerprint density at radius 3 is 3.06 bits per heavy atom. The van der Waals surface area contributed by atoms with Crippen LogP contribution >= 0.6 is 11.6 Å². The first-order valence-electron chi connectivity index (χ1n) is 5.85. The number of morpholine rings is 1. The van der Waals surface area contributed by atoms with E-state index < -0.39 is 0 Å². The molecule has 1 atom stereocenters. The molecule has 1 aromatic rings. The van der Waals surface area contributed by atoms with Crippen molar-refractivity contribution < 1.29 is 9.53 Å². The monoisotopic (exact) mass is 253 g/mol. The van der Waals surface area contributed by atoms with Crippen molar-refractivity contribution in [3.63, 3.8) is 0 Å². The van der Waals surface area contributed by atoms with E-state index >= 15 is 0 Å². The van der Waals surface area contributed by atoms with Crippen molar-refractivity contribution >= 4 is 23.6 Å². The van der Waals surface area contributed by atoms with Gasteiger partial charge in [-0.3, -0.25) is 4.79 Å². The summed E-state index contributed by atoms with van der Waals surface area (Å²) >= 11 is 6.05. The molecule has 3 nitrogen and oxygen atoms in total. The second kappa shape index (κ2) is 5.52. The van der Waals surface area contributed by atoms with Gasteiger partial charge in [0.1, 0.15) is 0 Å². The highest BCUT2D eigenvalue weighted by atomic mass is 35.5. The van der Waals surface area contributed by atoms with Gasteiger partial charge in [0.2, 0.25) is 0 Å². The molecule has 0 amide bonds. The van der Waals surface area contributed by atoms with Gasteiger partial charge in [0.05, 0.1) is 24.3 Å². The number of carbonyl (C=O) groups excluding carboxylic acids is 1. The summed E-state index contributed by atoms with van der Waals surface area (Å²) in [6, 6.07) is 5.97. The van der Waals surface area contributed by atoms with Crippen LogP contribution in [0, 0.1) is 0 Å². The number of rotatable bonds is 3. The quantitative estimate of drug-likeness (QED) is 0.776. The number of benzene rings is 1. The minimum atomic E-state index is 0.391. The fraction of sp³-hybridized carbons (Fsp3) is 0.462. The third kappa shape index (κ3) is 2.61. The van der Waals surface area contributed by atoms with E-state index in [1.54, 1.807) is 6.07 Å². The number of hydrogen-bond donors (Lipinski definition) is 0. The largest absolute Gasteiger partial charge is 0.377 e. The maximum atomic E-state index is 10.7. The summed E-state index contributed by atoms with van der Waals surface area (Å²) in [6.45, 7) is 4.51. The van der Waals surface area contributed by atoms with Crippen LogP contribution in [-0.4, -0.2) is 32.1 Å². The van der Waals surface area contributed by atoms with Gasteiger partial charge in [-0.25, -0.2) is 0 Å². The van der Waals surface area contributed by atoms with Gasteiger partial charge in [0.15, 0.2) is 6.29 Å². The van der Waals surface area contributed by atoms with Gasteiger partial charge in [-0.15, -0.1) is 0 Å². The molecule has 2 rings (SSSR count). The molecule has 1 aliphatic heterocycles. The fourth-order valence-corrected chi connectivity index (χ4v) is 2.34. The molecular weight excluding hydrogens is 238 g/mol. The van der Waals surface area contributed by atoms with Gasteiger partial charge in [0, 0.05) is 17.8 Å². The Bertz CT molecular complexity index is 408. The molecule has 17 heavy (non-hydrogen) atoms. The van der Waals surface area contributed by atoms with Crippen LogP contribution in [0.15, 0.2) is 18.2 Å². The van der Waals surface area contributed by atoms with Gasteiger partial charge >= 0.3 is 0 Å². The lowest BCUT2D eigenvalue weighted by molar-refractivity contribution is 0.0930. The number of ether oxygens (including phenoxy) is 1. The zero-order valence-corrected chi connectivity index (χ0v) is 10.6. The van der Waals surface area contributed by atoms with Gasteiger partial charge in [-0.2, -0.15) is 0 Å². The Labute approximate surface area is 106 Å². The summed E-state index contributed by atoms with van der Waals surface area (Å²) in [5, 5.41) is 0.513. The number of anilines is 1. The van der Waals surface area contributed by atoms with E-state index in [0.717, 1.165) is 38.2 Å². The number of carbonyl (C=O) groups is 1. The van der Waals surface area contributed by atoms with Crippen LogP contribution < -0.4 is 4.90 Å². The fourth-order valence-electron chi connectivity index (χ4n) is 2.12. The first-order valence-corrected chi connectivity index (χ1v) is 6.23. The highest BCUT2D eigenvalue weighted by Crippen LogP contribution is 2.26. The van der Waals surface area contributed by atoms with E-state index in [2.05, 4.69) is 11.8 Å². The maximum absolute atomic E-state index is 10.7. The Morgan fingerprint density at radius 2 is 2.41 bits per heavy atom. The molecular formula is C13H16ClNO2. The van der Waals surface area contributed by atoms with E-state index in [0.29, 0.717) is 16.6 Å². The second-order valence-electron chi connectivity index (χ2n) is 4.15. The molecule has 0 N–H and O–H groups in total. The van der Waals surface area contributed by atoms with Crippen molar-refractivity contribution in [3.8, 4) is 0 Å². The van der Waals surface area contributed by atoms with Crippen molar-refractivity contribution in [1.82, 2.24) is 0 Å². The van der Waals surface area contributed by atoms with Crippen LogP contribution in [0.25, 0.3) is 0 Å². The molecule has 1 heterocycles. The molecule has 1 unspecified atom stereocenters. The average molecular weight is 254 g/mol. The first-order chi connectivity index (χ1) is 8.26. The Morgan fingerprint density at radius 1 is 1.59 bits per heavy atom. The number of hydrogen-bond acceptors (Lipinski definition) is 3. The van der Waals surface area contributed by atoms with Gasteiger partial charge in [0.25, 0.3) is 0 Å². The molecule has 1 fully saturated rings. The van der Waals surface area contributed by atoms with E-state index in [1.807, 2.05) is 12.1 Å². The SMILES string of the molecule is CCC1COCCN1c1ccc(C=O)c(Cl)c1. The normalized spacial score (nSPS) is 20.4. The molecule has 0 bridgehead atoms. The maximum Gasteiger partial charge on any atom is 0.151 e. The molecule has 1 aliphatic rings. The summed E-state index contributed by atoms with van der Waals surface area (Å²) < 4.78 is 5.47. The molecule has 0 spiro atoms. The molecule has 92 valence electrons. The minimum absolute atomic E-state index is 0.391. The summed E-state index contributed by atoms with van der Waals surface area (Å²) in [6.07, 6.45) is 1.82. The Kier molecular flexibility index (Phi) is 4.02. The van der Waals surface area contributed by atoms with Crippen LogP contribution in [0.5, 0.6) is 0 Å². The van der Waals surface area contributed by atoms with Gasteiger partial charge in [-0.05, 0) is 24.6 Å². The smallest absolute Gasteiger partial charge is 0.151 e. The average Bonchev–Trinajstić information content (AvgIpc) is 2.38. The first kappa shape index (κ1) is 12.4. The van der Waals surface area contributed by atoms with E-state index in [4.69, 9.17) is 16.3 Å². The summed E-state index contributed by atoms with van der Waals surface area (Å²) in [7, 11) is 0. The summed E-state index contributed by atoms with van der Waals surface area (Å²) in [5.41, 5.74) is 1.60. The number of aldehydes is 1. The predicted octanol–water partition coefficient (Wildman–Crippen LogP) is 2.77. The van der Waals surface area contributed by atoms with Crippen LogP contribution in [0.3, 0.4) is 0 Å². The predicted molar refractivity (Wildman–Crippen MR) is 69.1 cm³/mol. The highest BCUT2D eigenvalue weighted by molar-refractivity contribution is 6.33. The van der Waals surface area contributed by atoms with E-state index in [1.165, 1.54) is 0 Å². The van der Waals surface area contributed by atoms with E-state index in [9.17, 15) is 4.79 Å². The Balaban J connectivity index is 2.25. The molecule has 1 aromatic carbocycles. The lowest BCUT2D eigenvalue weighted by atomic mass is 10.1. The number of halogens is 1. The zero-order valence-electron chi connectivity index (χ0n) is 9.86. The molecule has 0 aromatic heterocycles. The third-order valence-corrected chi connectivity index (χ3v) is 3.47. The summed E-state index contributed by atoms with van der Waals surface area (Å²) in [5.74, 6) is 0. The van der Waals surface area contributed by atoms with Crippen LogP contribution in [0.2, 0.25) is 5.02 Å². The van der Waals surface area contributed by atoms with Crippen molar-refractivity contribution in [1.29, 1.82) is 0 Å². The Hall–Kier alpha value is -1.06. The molecule has 4 heteroatoms. The van der Waals surface area contributed by atoms with Crippen molar-refractivity contribution in [3.05, 3.63) is 28.8 Å². The number of nitrogens with zero attached hydrogens (tertiary/aromatic N) is 1. The zero-order chi connectivity index (χ0) is 12.3. The van der Waals surface area contributed by atoms with Crippen LogP contribution in [0.4, 0.5) is 5.69 Å². The molecule has 0 aliphatic carbocycles. The topological polar surface area (TPSA) is 29.5 Å². The molecule has 0 saturated carbocycles. The minimum Gasteiger partial charge on any atom is -0.377 e. The van der Waals surface area contributed by atoms with E-state index in [-0.39, 0.29) is 0 Å². The van der Waals surface area contributed by atoms with Gasteiger partial charge < -0.3 is 9.64 Å². The highest BCUT2D eigenvalue weighted by Gasteiger charge is 2.21. The lowest BCUT2D eigenvalue weighted by Gasteiger charge is -2.37. The second-order valence-corrected chi connectivity index (χ2v) is 4.56.